The van der Waals surface area contributed by atoms with E-state index in [0.717, 1.165) is 43.7 Å². The lowest BCUT2D eigenvalue weighted by molar-refractivity contribution is -0.354. The molecule has 2 saturated carbocycles. The first-order valence-corrected chi connectivity index (χ1v) is 11.0. The molecule has 0 aliphatic heterocycles. The van der Waals surface area contributed by atoms with Crippen LogP contribution in [0.25, 0.3) is 0 Å². The minimum absolute atomic E-state index is 0.0490. The maximum absolute atomic E-state index is 14.2. The van der Waals surface area contributed by atoms with Crippen molar-refractivity contribution in [2.75, 3.05) is 0 Å². The van der Waals surface area contributed by atoms with Crippen LogP contribution in [0.3, 0.4) is 0 Å². The van der Waals surface area contributed by atoms with Crippen LogP contribution >= 0.6 is 0 Å². The molecule has 0 aromatic heterocycles. The lowest BCUT2D eigenvalue weighted by Crippen LogP contribution is -2.38. The van der Waals surface area contributed by atoms with E-state index >= 15 is 0 Å². The Labute approximate surface area is 169 Å². The standard InChI is InChI=1S/C23H29F5O/c1-2-13-3-4-15-10-16(6-5-14(15)9-13)18-7-8-19-20(11-17(24)12-21(19)25)22(18)29-23(26,27)28/h11-16,18,22H,2-10H2,1H3. The van der Waals surface area contributed by atoms with Gasteiger partial charge in [0.15, 0.2) is 0 Å². The summed E-state index contributed by atoms with van der Waals surface area (Å²) in [5.41, 5.74) is 0.224. The fourth-order valence-corrected chi connectivity index (χ4v) is 6.39. The molecule has 0 N–H and O–H groups in total. The van der Waals surface area contributed by atoms with Crippen molar-refractivity contribution in [2.45, 2.75) is 77.2 Å². The van der Waals surface area contributed by atoms with E-state index in [0.29, 0.717) is 24.7 Å². The number of hydrogen-bond donors (Lipinski definition) is 0. The third-order valence-corrected chi connectivity index (χ3v) is 7.82. The molecule has 1 aromatic carbocycles. The van der Waals surface area contributed by atoms with Gasteiger partial charge in [-0.15, -0.1) is 13.2 Å². The molecule has 3 aliphatic carbocycles. The summed E-state index contributed by atoms with van der Waals surface area (Å²) >= 11 is 0. The first-order chi connectivity index (χ1) is 13.7. The topological polar surface area (TPSA) is 9.23 Å². The Morgan fingerprint density at radius 1 is 0.931 bits per heavy atom. The predicted octanol–water partition coefficient (Wildman–Crippen LogP) is 7.35. The van der Waals surface area contributed by atoms with Crippen molar-refractivity contribution in [3.8, 4) is 0 Å². The van der Waals surface area contributed by atoms with Crippen LogP contribution in [0.5, 0.6) is 0 Å². The number of benzene rings is 1. The van der Waals surface area contributed by atoms with Gasteiger partial charge in [-0.05, 0) is 91.7 Å². The second-order valence-corrected chi connectivity index (χ2v) is 9.32. The van der Waals surface area contributed by atoms with Crippen LogP contribution < -0.4 is 0 Å². The molecule has 6 unspecified atom stereocenters. The summed E-state index contributed by atoms with van der Waals surface area (Å²) in [5.74, 6) is 0.166. The van der Waals surface area contributed by atoms with E-state index in [4.69, 9.17) is 0 Å². The molecule has 3 aliphatic rings. The maximum Gasteiger partial charge on any atom is 0.523 e. The Bertz CT molecular complexity index is 731. The lowest BCUT2D eigenvalue weighted by atomic mass is 9.60. The van der Waals surface area contributed by atoms with Crippen LogP contribution in [0.4, 0.5) is 22.0 Å². The minimum atomic E-state index is -4.84. The molecule has 162 valence electrons. The quantitative estimate of drug-likeness (QED) is 0.468. The highest BCUT2D eigenvalue weighted by Crippen LogP contribution is 2.52. The largest absolute Gasteiger partial charge is 0.523 e. The van der Waals surface area contributed by atoms with Crippen molar-refractivity contribution >= 4 is 0 Å². The van der Waals surface area contributed by atoms with Gasteiger partial charge in [0.1, 0.15) is 11.6 Å². The van der Waals surface area contributed by atoms with Gasteiger partial charge in [-0.25, -0.2) is 8.78 Å². The average Bonchev–Trinajstić information content (AvgIpc) is 2.66. The van der Waals surface area contributed by atoms with Gasteiger partial charge in [-0.1, -0.05) is 19.8 Å². The van der Waals surface area contributed by atoms with Crippen molar-refractivity contribution in [3.63, 3.8) is 0 Å². The van der Waals surface area contributed by atoms with Gasteiger partial charge in [-0.2, -0.15) is 0 Å². The molecule has 29 heavy (non-hydrogen) atoms. The smallest absolute Gasteiger partial charge is 0.283 e. The van der Waals surface area contributed by atoms with Gasteiger partial charge < -0.3 is 0 Å². The highest BCUT2D eigenvalue weighted by Gasteiger charge is 2.46. The van der Waals surface area contributed by atoms with E-state index in [9.17, 15) is 22.0 Å². The SMILES string of the molecule is CCC1CCC2CC(C3CCc4c(F)cc(F)cc4C3OC(F)(F)F)CCC2C1. The molecule has 0 bridgehead atoms. The number of rotatable bonds is 3. The van der Waals surface area contributed by atoms with E-state index in [1.165, 1.54) is 19.3 Å². The van der Waals surface area contributed by atoms with Gasteiger partial charge in [0.25, 0.3) is 0 Å². The summed E-state index contributed by atoms with van der Waals surface area (Å²) in [6.45, 7) is 2.23. The predicted molar refractivity (Wildman–Crippen MR) is 100 cm³/mol. The zero-order chi connectivity index (χ0) is 20.8. The van der Waals surface area contributed by atoms with Gasteiger partial charge in [0.2, 0.25) is 0 Å². The van der Waals surface area contributed by atoms with Crippen LogP contribution in [0, 0.1) is 41.2 Å². The zero-order valence-electron chi connectivity index (χ0n) is 16.8. The first kappa shape index (κ1) is 21.1. The summed E-state index contributed by atoms with van der Waals surface area (Å²) in [4.78, 5) is 0. The third kappa shape index (κ3) is 4.47. The molecule has 0 heterocycles. The van der Waals surface area contributed by atoms with Gasteiger partial charge in [-0.3, -0.25) is 4.74 Å². The van der Waals surface area contributed by atoms with Crippen LogP contribution in [0.2, 0.25) is 0 Å². The van der Waals surface area contributed by atoms with Crippen molar-refractivity contribution in [3.05, 3.63) is 34.9 Å². The Balaban J connectivity index is 1.58. The zero-order valence-corrected chi connectivity index (χ0v) is 16.8. The molecule has 0 radical (unpaired) electrons. The fraction of sp³-hybridized carbons (Fsp3) is 0.739. The van der Waals surface area contributed by atoms with Crippen molar-refractivity contribution in [1.29, 1.82) is 0 Å². The highest BCUT2D eigenvalue weighted by atomic mass is 19.4. The summed E-state index contributed by atoms with van der Waals surface area (Å²) in [6.07, 6.45) is 2.27. The second kappa shape index (κ2) is 8.16. The number of halogens is 5. The molecule has 0 saturated heterocycles. The molecule has 6 heteroatoms. The highest BCUT2D eigenvalue weighted by molar-refractivity contribution is 5.34. The summed E-state index contributed by atoms with van der Waals surface area (Å²) in [5, 5.41) is 0. The van der Waals surface area contributed by atoms with E-state index in [1.807, 2.05) is 0 Å². The summed E-state index contributed by atoms with van der Waals surface area (Å²) in [6, 6.07) is 1.79. The maximum atomic E-state index is 14.2. The Kier molecular flexibility index (Phi) is 5.93. The summed E-state index contributed by atoms with van der Waals surface area (Å²) < 4.78 is 72.2. The van der Waals surface area contributed by atoms with Crippen LogP contribution in [0.15, 0.2) is 12.1 Å². The van der Waals surface area contributed by atoms with Crippen molar-refractivity contribution < 1.29 is 26.7 Å². The normalized spacial score (nSPS) is 35.1. The molecule has 0 spiro atoms. The molecule has 1 nitrogen and oxygen atoms in total. The minimum Gasteiger partial charge on any atom is -0.283 e. The Morgan fingerprint density at radius 2 is 1.62 bits per heavy atom. The molecule has 2 fully saturated rings. The van der Waals surface area contributed by atoms with E-state index in [1.54, 1.807) is 0 Å². The first-order valence-electron chi connectivity index (χ1n) is 11.0. The van der Waals surface area contributed by atoms with Crippen LogP contribution in [-0.4, -0.2) is 6.36 Å². The second-order valence-electron chi connectivity index (χ2n) is 9.32. The van der Waals surface area contributed by atoms with Crippen molar-refractivity contribution in [2.24, 2.45) is 29.6 Å². The van der Waals surface area contributed by atoms with Gasteiger partial charge in [0.05, 0.1) is 6.10 Å². The van der Waals surface area contributed by atoms with Gasteiger partial charge in [0, 0.05) is 6.07 Å². The van der Waals surface area contributed by atoms with Crippen LogP contribution in [-0.2, 0) is 11.2 Å². The van der Waals surface area contributed by atoms with E-state index < -0.39 is 24.1 Å². The number of alkyl halides is 3. The van der Waals surface area contributed by atoms with E-state index in [2.05, 4.69) is 11.7 Å². The molecule has 4 rings (SSSR count). The number of hydrogen-bond acceptors (Lipinski definition) is 1. The average molecular weight is 416 g/mol. The Hall–Kier alpha value is -1.17. The monoisotopic (exact) mass is 416 g/mol. The molecule has 0 amide bonds. The van der Waals surface area contributed by atoms with Crippen LogP contribution in [0.1, 0.15) is 75.5 Å². The third-order valence-electron chi connectivity index (χ3n) is 7.82. The molecular formula is C23H29F5O. The summed E-state index contributed by atoms with van der Waals surface area (Å²) in [7, 11) is 0. The number of ether oxygens (including phenoxy) is 1. The lowest BCUT2D eigenvalue weighted by Gasteiger charge is -2.46. The van der Waals surface area contributed by atoms with Gasteiger partial charge >= 0.3 is 6.36 Å². The van der Waals surface area contributed by atoms with E-state index in [-0.39, 0.29) is 23.0 Å². The number of fused-ring (bicyclic) bond motifs is 2. The molecule has 6 atom stereocenters. The van der Waals surface area contributed by atoms with Crippen molar-refractivity contribution in [1.82, 2.24) is 0 Å². The Morgan fingerprint density at radius 3 is 2.34 bits per heavy atom. The molecule has 1 aromatic rings. The fourth-order valence-electron chi connectivity index (χ4n) is 6.39. The molecular weight excluding hydrogens is 387 g/mol.